The van der Waals surface area contributed by atoms with E-state index in [0.29, 0.717) is 34.7 Å². The zero-order valence-electron chi connectivity index (χ0n) is 9.26. The summed E-state index contributed by atoms with van der Waals surface area (Å²) in [6, 6.07) is 1.85. The first-order chi connectivity index (χ1) is 8.27. The van der Waals surface area contributed by atoms with Gasteiger partial charge in [0.05, 0.1) is 4.47 Å². The highest BCUT2D eigenvalue weighted by molar-refractivity contribution is 9.10. The lowest BCUT2D eigenvalue weighted by molar-refractivity contribution is 0.169. The number of nitrogens with one attached hydrogen (secondary N) is 1. The van der Waals surface area contributed by atoms with Gasteiger partial charge in [-0.1, -0.05) is 0 Å². The van der Waals surface area contributed by atoms with Crippen LogP contribution in [0.25, 0.3) is 0 Å². The van der Waals surface area contributed by atoms with Crippen molar-refractivity contribution in [3.8, 4) is 11.5 Å². The van der Waals surface area contributed by atoms with Crippen LogP contribution in [0.3, 0.4) is 0 Å². The molecule has 0 amide bonds. The summed E-state index contributed by atoms with van der Waals surface area (Å²) in [5.41, 5.74) is 0.665. The average molecular weight is 302 g/mol. The van der Waals surface area contributed by atoms with Gasteiger partial charge in [-0.15, -0.1) is 0 Å². The van der Waals surface area contributed by atoms with E-state index in [1.54, 1.807) is 6.07 Å². The van der Waals surface area contributed by atoms with E-state index in [1.165, 1.54) is 0 Å². The van der Waals surface area contributed by atoms with Crippen LogP contribution >= 0.6 is 15.9 Å². The van der Waals surface area contributed by atoms with Gasteiger partial charge >= 0.3 is 0 Å². The zero-order chi connectivity index (χ0) is 11.8. The second-order valence-electron chi connectivity index (χ2n) is 4.27. The first kappa shape index (κ1) is 11.3. The Morgan fingerprint density at radius 2 is 2.18 bits per heavy atom. The molecule has 2 heterocycles. The van der Waals surface area contributed by atoms with Crippen molar-refractivity contribution in [2.75, 3.05) is 19.8 Å². The van der Waals surface area contributed by atoms with Crippen LogP contribution in [0.1, 0.15) is 24.4 Å². The molecule has 5 heteroatoms. The van der Waals surface area contributed by atoms with Gasteiger partial charge in [-0.05, 0) is 41.4 Å². The maximum atomic E-state index is 14.2. The average Bonchev–Trinajstić information content (AvgIpc) is 2.87. The molecule has 0 radical (unpaired) electrons. The molecule has 1 saturated heterocycles. The summed E-state index contributed by atoms with van der Waals surface area (Å²) in [5, 5.41) is 3.29. The SMILES string of the molecule is Fc1c(C2CCCN2)cc2c(c1Br)OCCO2. The Bertz CT molecular complexity index is 447. The number of rotatable bonds is 1. The van der Waals surface area contributed by atoms with Crippen molar-refractivity contribution >= 4 is 15.9 Å². The molecule has 1 unspecified atom stereocenters. The maximum Gasteiger partial charge on any atom is 0.178 e. The molecule has 3 rings (SSSR count). The van der Waals surface area contributed by atoms with Gasteiger partial charge in [0.15, 0.2) is 11.5 Å². The third-order valence-corrected chi connectivity index (χ3v) is 3.89. The van der Waals surface area contributed by atoms with Crippen molar-refractivity contribution in [3.63, 3.8) is 0 Å². The summed E-state index contributed by atoms with van der Waals surface area (Å²) in [6.07, 6.45) is 2.04. The molecule has 1 atom stereocenters. The first-order valence-corrected chi connectivity index (χ1v) is 6.57. The summed E-state index contributed by atoms with van der Waals surface area (Å²) >= 11 is 3.26. The lowest BCUT2D eigenvalue weighted by atomic mass is 10.0. The minimum Gasteiger partial charge on any atom is -0.486 e. The molecule has 1 fully saturated rings. The Kier molecular flexibility index (Phi) is 2.96. The lowest BCUT2D eigenvalue weighted by Crippen LogP contribution is -2.19. The second kappa shape index (κ2) is 4.46. The van der Waals surface area contributed by atoms with Gasteiger partial charge in [-0.2, -0.15) is 0 Å². The zero-order valence-corrected chi connectivity index (χ0v) is 10.8. The van der Waals surface area contributed by atoms with Crippen LogP contribution < -0.4 is 14.8 Å². The largest absolute Gasteiger partial charge is 0.486 e. The summed E-state index contributed by atoms with van der Waals surface area (Å²) in [5.74, 6) is 0.873. The molecule has 17 heavy (non-hydrogen) atoms. The molecule has 1 aromatic rings. The highest BCUT2D eigenvalue weighted by Gasteiger charge is 2.27. The molecule has 0 aliphatic carbocycles. The Morgan fingerprint density at radius 1 is 1.35 bits per heavy atom. The first-order valence-electron chi connectivity index (χ1n) is 5.78. The number of benzene rings is 1. The van der Waals surface area contributed by atoms with Gasteiger partial charge in [-0.3, -0.25) is 0 Å². The summed E-state index contributed by atoms with van der Waals surface area (Å²) < 4.78 is 25.5. The molecule has 0 spiro atoms. The molecule has 0 saturated carbocycles. The Morgan fingerprint density at radius 3 is 2.94 bits per heavy atom. The van der Waals surface area contributed by atoms with Crippen molar-refractivity contribution in [3.05, 3.63) is 21.9 Å². The van der Waals surface area contributed by atoms with Crippen LogP contribution in [0.2, 0.25) is 0 Å². The van der Waals surface area contributed by atoms with Gasteiger partial charge in [0.1, 0.15) is 19.0 Å². The van der Waals surface area contributed by atoms with Gasteiger partial charge in [0.2, 0.25) is 0 Å². The predicted molar refractivity (Wildman–Crippen MR) is 65.1 cm³/mol. The van der Waals surface area contributed by atoms with E-state index < -0.39 is 0 Å². The normalized spacial score (nSPS) is 22.8. The van der Waals surface area contributed by atoms with Gasteiger partial charge in [0.25, 0.3) is 0 Å². The van der Waals surface area contributed by atoms with E-state index in [9.17, 15) is 4.39 Å². The van der Waals surface area contributed by atoms with Crippen LogP contribution in [-0.2, 0) is 0 Å². The molecule has 2 aliphatic heterocycles. The van der Waals surface area contributed by atoms with Crippen LogP contribution in [0.5, 0.6) is 11.5 Å². The fraction of sp³-hybridized carbons (Fsp3) is 0.500. The highest BCUT2D eigenvalue weighted by Crippen LogP contribution is 2.43. The number of halogens is 2. The van der Waals surface area contributed by atoms with Crippen LogP contribution in [0.4, 0.5) is 4.39 Å². The molecule has 0 aromatic heterocycles. The van der Waals surface area contributed by atoms with Crippen molar-refractivity contribution < 1.29 is 13.9 Å². The van der Waals surface area contributed by atoms with Crippen molar-refractivity contribution in [1.82, 2.24) is 5.32 Å². The van der Waals surface area contributed by atoms with E-state index in [2.05, 4.69) is 21.2 Å². The van der Waals surface area contributed by atoms with Crippen molar-refractivity contribution in [2.24, 2.45) is 0 Å². The Hall–Kier alpha value is -0.810. The number of fused-ring (bicyclic) bond motifs is 1. The van der Waals surface area contributed by atoms with Crippen LogP contribution in [0.15, 0.2) is 10.5 Å². The van der Waals surface area contributed by atoms with E-state index in [-0.39, 0.29) is 11.9 Å². The van der Waals surface area contributed by atoms with Gasteiger partial charge in [-0.25, -0.2) is 4.39 Å². The molecule has 0 bridgehead atoms. The standard InChI is InChI=1S/C12H13BrFNO2/c13-10-11(14)7(8-2-1-3-15-8)6-9-12(10)17-5-4-16-9/h6,8,15H,1-5H2. The second-order valence-corrected chi connectivity index (χ2v) is 5.06. The number of hydrogen-bond acceptors (Lipinski definition) is 3. The van der Waals surface area contributed by atoms with Crippen molar-refractivity contribution in [2.45, 2.75) is 18.9 Å². The molecular formula is C12H13BrFNO2. The summed E-state index contributed by atoms with van der Waals surface area (Å²) in [6.45, 7) is 1.92. The highest BCUT2D eigenvalue weighted by atomic mass is 79.9. The van der Waals surface area contributed by atoms with Crippen molar-refractivity contribution in [1.29, 1.82) is 0 Å². The molecule has 1 N–H and O–H groups in total. The van der Waals surface area contributed by atoms with Gasteiger partial charge < -0.3 is 14.8 Å². The Labute approximate surface area is 107 Å². The van der Waals surface area contributed by atoms with E-state index in [0.717, 1.165) is 19.4 Å². The summed E-state index contributed by atoms with van der Waals surface area (Å²) in [7, 11) is 0. The minimum absolute atomic E-state index is 0.0853. The monoisotopic (exact) mass is 301 g/mol. The number of ether oxygens (including phenoxy) is 2. The fourth-order valence-electron chi connectivity index (χ4n) is 2.35. The van der Waals surface area contributed by atoms with E-state index in [1.807, 2.05) is 0 Å². The predicted octanol–water partition coefficient (Wildman–Crippen LogP) is 2.78. The number of hydrogen-bond donors (Lipinski definition) is 1. The van der Waals surface area contributed by atoms with E-state index in [4.69, 9.17) is 9.47 Å². The Balaban J connectivity index is 2.06. The van der Waals surface area contributed by atoms with Gasteiger partial charge in [0, 0.05) is 11.6 Å². The van der Waals surface area contributed by atoms with Crippen LogP contribution in [-0.4, -0.2) is 19.8 Å². The smallest absolute Gasteiger partial charge is 0.178 e. The minimum atomic E-state index is -0.242. The topological polar surface area (TPSA) is 30.5 Å². The molecule has 92 valence electrons. The molecule has 1 aromatic carbocycles. The third kappa shape index (κ3) is 1.91. The lowest BCUT2D eigenvalue weighted by Gasteiger charge is -2.22. The fourth-order valence-corrected chi connectivity index (χ4v) is 2.88. The molecular weight excluding hydrogens is 289 g/mol. The third-order valence-electron chi connectivity index (χ3n) is 3.18. The quantitative estimate of drug-likeness (QED) is 0.865. The molecule has 3 nitrogen and oxygen atoms in total. The van der Waals surface area contributed by atoms with Crippen LogP contribution in [0, 0.1) is 5.82 Å². The summed E-state index contributed by atoms with van der Waals surface area (Å²) in [4.78, 5) is 0. The maximum absolute atomic E-state index is 14.2. The molecule has 2 aliphatic rings. The van der Waals surface area contributed by atoms with E-state index >= 15 is 0 Å².